The zero-order valence-electron chi connectivity index (χ0n) is 13.1. The van der Waals surface area contributed by atoms with E-state index in [1.165, 1.54) is 0 Å². The van der Waals surface area contributed by atoms with Gasteiger partial charge in [-0.2, -0.15) is 0 Å². The molecule has 0 N–H and O–H groups in total. The van der Waals surface area contributed by atoms with E-state index in [-0.39, 0.29) is 34.8 Å². The van der Waals surface area contributed by atoms with Crippen molar-refractivity contribution in [2.45, 2.75) is 0 Å². The number of benzene rings is 1. The summed E-state index contributed by atoms with van der Waals surface area (Å²) in [6.07, 6.45) is 0. The lowest BCUT2D eigenvalue weighted by molar-refractivity contribution is -0.385. The predicted molar refractivity (Wildman–Crippen MR) is 85.1 cm³/mol. The van der Waals surface area contributed by atoms with Crippen molar-refractivity contribution in [2.24, 2.45) is 0 Å². The van der Waals surface area contributed by atoms with Gasteiger partial charge in [-0.25, -0.2) is 14.0 Å². The highest BCUT2D eigenvalue weighted by Gasteiger charge is 2.34. The molecule has 25 heavy (non-hydrogen) atoms. The number of methoxy groups -OCH3 is 2. The molecule has 0 radical (unpaired) electrons. The van der Waals surface area contributed by atoms with Crippen molar-refractivity contribution in [3.8, 4) is 0 Å². The van der Waals surface area contributed by atoms with E-state index in [0.29, 0.717) is 6.07 Å². The highest BCUT2D eigenvalue weighted by Crippen LogP contribution is 2.35. The summed E-state index contributed by atoms with van der Waals surface area (Å²) in [7, 11) is 2.21. The quantitative estimate of drug-likeness (QED) is 0.414. The number of ether oxygens (including phenoxy) is 3. The van der Waals surface area contributed by atoms with Gasteiger partial charge in [-0.15, -0.1) is 0 Å². The molecule has 2 rings (SSSR count). The standard InChI is InChI=1S/C14H12BrFN2O7/c1-23-13(19)7-5-25-6-17(12(7)14(20)24-2)11-3-8(15)10(18(21)22)4-9(11)16/h3-4H,5-6H2,1-2H3. The van der Waals surface area contributed by atoms with Gasteiger partial charge in [0.1, 0.15) is 12.4 Å². The van der Waals surface area contributed by atoms with Gasteiger partial charge in [0, 0.05) is 0 Å². The second-order valence-corrected chi connectivity index (χ2v) is 5.58. The molecule has 0 unspecified atom stereocenters. The molecule has 0 aliphatic carbocycles. The van der Waals surface area contributed by atoms with E-state index in [9.17, 15) is 24.1 Å². The number of hydrogen-bond acceptors (Lipinski definition) is 8. The fraction of sp³-hybridized carbons (Fsp3) is 0.286. The van der Waals surface area contributed by atoms with Crippen LogP contribution in [0.15, 0.2) is 27.9 Å². The van der Waals surface area contributed by atoms with Crippen LogP contribution in [-0.2, 0) is 23.8 Å². The second-order valence-electron chi connectivity index (χ2n) is 4.73. The molecule has 0 saturated heterocycles. The molecular formula is C14H12BrFN2O7. The van der Waals surface area contributed by atoms with Crippen molar-refractivity contribution in [3.05, 3.63) is 43.8 Å². The molecule has 1 aromatic rings. The Kier molecular flexibility index (Phi) is 5.69. The zero-order chi connectivity index (χ0) is 18.7. The number of carbonyl (C=O) groups is 2. The number of halogens is 2. The molecule has 0 aromatic heterocycles. The first kappa shape index (κ1) is 18.8. The number of nitro groups is 1. The van der Waals surface area contributed by atoms with Crippen molar-refractivity contribution in [3.63, 3.8) is 0 Å². The Balaban J connectivity index is 2.64. The maximum absolute atomic E-state index is 14.4. The van der Waals surface area contributed by atoms with Gasteiger partial charge >= 0.3 is 11.9 Å². The maximum Gasteiger partial charge on any atom is 0.355 e. The van der Waals surface area contributed by atoms with E-state index in [4.69, 9.17) is 4.74 Å². The molecule has 134 valence electrons. The maximum atomic E-state index is 14.4. The van der Waals surface area contributed by atoms with Crippen LogP contribution in [0.1, 0.15) is 0 Å². The van der Waals surface area contributed by atoms with Crippen molar-refractivity contribution in [1.82, 2.24) is 0 Å². The van der Waals surface area contributed by atoms with E-state index < -0.39 is 28.4 Å². The minimum atomic E-state index is -0.981. The monoisotopic (exact) mass is 418 g/mol. The highest BCUT2D eigenvalue weighted by atomic mass is 79.9. The number of esters is 2. The van der Waals surface area contributed by atoms with Gasteiger partial charge in [0.25, 0.3) is 5.69 Å². The third-order valence-corrected chi connectivity index (χ3v) is 3.97. The van der Waals surface area contributed by atoms with Gasteiger partial charge in [0.2, 0.25) is 0 Å². The topological polar surface area (TPSA) is 108 Å². The van der Waals surface area contributed by atoms with Crippen LogP contribution in [0.4, 0.5) is 15.8 Å². The smallest absolute Gasteiger partial charge is 0.355 e. The van der Waals surface area contributed by atoms with Crippen molar-refractivity contribution >= 4 is 39.2 Å². The summed E-state index contributed by atoms with van der Waals surface area (Å²) in [6, 6.07) is 1.81. The molecule has 0 atom stereocenters. The lowest BCUT2D eigenvalue weighted by Crippen LogP contribution is -2.39. The van der Waals surface area contributed by atoms with Crippen LogP contribution < -0.4 is 4.90 Å². The Bertz CT molecular complexity index is 781. The molecule has 1 aliphatic heterocycles. The fourth-order valence-corrected chi connectivity index (χ4v) is 2.68. The molecule has 0 fully saturated rings. The summed E-state index contributed by atoms with van der Waals surface area (Å²) >= 11 is 2.98. The normalized spacial score (nSPS) is 14.3. The van der Waals surface area contributed by atoms with Crippen LogP contribution in [0.2, 0.25) is 0 Å². The summed E-state index contributed by atoms with van der Waals surface area (Å²) < 4.78 is 28.9. The number of nitro benzene ring substituents is 1. The minimum Gasteiger partial charge on any atom is -0.466 e. The van der Waals surface area contributed by atoms with E-state index in [2.05, 4.69) is 25.4 Å². The van der Waals surface area contributed by atoms with Gasteiger partial charge in [-0.05, 0) is 22.0 Å². The number of rotatable bonds is 4. The van der Waals surface area contributed by atoms with Crippen molar-refractivity contribution in [2.75, 3.05) is 32.5 Å². The average Bonchev–Trinajstić information content (AvgIpc) is 2.61. The van der Waals surface area contributed by atoms with E-state index in [1.807, 2.05) is 0 Å². The zero-order valence-corrected chi connectivity index (χ0v) is 14.7. The molecule has 1 aliphatic rings. The Morgan fingerprint density at radius 1 is 1.32 bits per heavy atom. The molecule has 9 nitrogen and oxygen atoms in total. The summed E-state index contributed by atoms with van der Waals surface area (Å²) in [4.78, 5) is 35.2. The first-order chi connectivity index (χ1) is 11.8. The van der Waals surface area contributed by atoms with Gasteiger partial charge in [-0.3, -0.25) is 10.1 Å². The Morgan fingerprint density at radius 2 is 1.96 bits per heavy atom. The predicted octanol–water partition coefficient (Wildman–Crippen LogP) is 1.89. The molecule has 11 heteroatoms. The first-order valence-electron chi connectivity index (χ1n) is 6.70. The van der Waals surface area contributed by atoms with Crippen molar-refractivity contribution in [1.29, 1.82) is 0 Å². The average molecular weight is 419 g/mol. The lowest BCUT2D eigenvalue weighted by atomic mass is 10.1. The summed E-state index contributed by atoms with van der Waals surface area (Å²) in [5.74, 6) is -2.73. The minimum absolute atomic E-state index is 0.0108. The molecule has 1 heterocycles. The molecular weight excluding hydrogens is 407 g/mol. The largest absolute Gasteiger partial charge is 0.466 e. The van der Waals surface area contributed by atoms with Crippen LogP contribution in [0.5, 0.6) is 0 Å². The number of anilines is 1. The third-order valence-electron chi connectivity index (χ3n) is 3.34. The number of nitrogens with zero attached hydrogens (tertiary/aromatic N) is 2. The Morgan fingerprint density at radius 3 is 2.52 bits per heavy atom. The van der Waals surface area contributed by atoms with Crippen LogP contribution in [0, 0.1) is 15.9 Å². The molecule has 0 spiro atoms. The Hall–Kier alpha value is -2.53. The summed E-state index contributed by atoms with van der Waals surface area (Å²) in [5, 5.41) is 10.9. The lowest BCUT2D eigenvalue weighted by Gasteiger charge is -2.31. The van der Waals surface area contributed by atoms with Crippen LogP contribution in [0.3, 0.4) is 0 Å². The van der Waals surface area contributed by atoms with Gasteiger partial charge in [0.05, 0.1) is 47.5 Å². The number of hydrogen-bond donors (Lipinski definition) is 0. The van der Waals surface area contributed by atoms with Crippen LogP contribution in [-0.4, -0.2) is 44.4 Å². The van der Waals surface area contributed by atoms with Crippen molar-refractivity contribution < 1.29 is 33.1 Å². The van der Waals surface area contributed by atoms with Crippen LogP contribution >= 0.6 is 15.9 Å². The third kappa shape index (κ3) is 3.61. The van der Waals surface area contributed by atoms with Crippen LogP contribution in [0.25, 0.3) is 0 Å². The highest BCUT2D eigenvalue weighted by molar-refractivity contribution is 9.10. The fourth-order valence-electron chi connectivity index (χ4n) is 2.21. The van der Waals surface area contributed by atoms with E-state index in [1.54, 1.807) is 0 Å². The number of carbonyl (C=O) groups excluding carboxylic acids is 2. The molecule has 1 aromatic carbocycles. The molecule has 0 amide bonds. The van der Waals surface area contributed by atoms with Gasteiger partial charge < -0.3 is 19.1 Å². The second kappa shape index (κ2) is 7.57. The molecule has 0 saturated carbocycles. The summed E-state index contributed by atoms with van der Waals surface area (Å²) in [6.45, 7) is -0.504. The molecule has 0 bridgehead atoms. The summed E-state index contributed by atoms with van der Waals surface area (Å²) in [5.41, 5.74) is -1.12. The van der Waals surface area contributed by atoms with E-state index >= 15 is 0 Å². The van der Waals surface area contributed by atoms with Gasteiger partial charge in [-0.1, -0.05) is 0 Å². The SMILES string of the molecule is COC(=O)C1=C(C(=O)OC)N(c2cc(Br)c([N+](=O)[O-])cc2F)COC1. The first-order valence-corrected chi connectivity index (χ1v) is 7.49. The Labute approximate surface area is 149 Å². The van der Waals surface area contributed by atoms with E-state index in [0.717, 1.165) is 25.2 Å². The van der Waals surface area contributed by atoms with Gasteiger partial charge in [0.15, 0.2) is 5.82 Å².